The fraction of sp³-hybridized carbons (Fsp3) is 0.967. The van der Waals surface area contributed by atoms with Gasteiger partial charge in [0.2, 0.25) is 0 Å². The summed E-state index contributed by atoms with van der Waals surface area (Å²) in [6.07, 6.45) is 10.5. The molecule has 0 aromatic carbocycles. The highest BCUT2D eigenvalue weighted by Gasteiger charge is 2.63. The van der Waals surface area contributed by atoms with E-state index in [9.17, 15) is 9.90 Å². The molecule has 0 aromatic rings. The summed E-state index contributed by atoms with van der Waals surface area (Å²) >= 11 is 0. The zero-order valence-electron chi connectivity index (χ0n) is 23.2. The Morgan fingerprint density at radius 3 is 2.51 bits per heavy atom. The Labute approximate surface area is 213 Å². The Balaban J connectivity index is 1.45. The predicted octanol–water partition coefficient (Wildman–Crippen LogP) is 5.96. The number of ether oxygens (including phenoxy) is 2. The molecule has 5 heteroatoms. The number of carbonyl (C=O) groups is 1. The molecule has 5 nitrogen and oxygen atoms in total. The van der Waals surface area contributed by atoms with Crippen molar-refractivity contribution in [2.45, 2.75) is 118 Å². The van der Waals surface area contributed by atoms with Gasteiger partial charge in [0.05, 0.1) is 11.5 Å². The first-order valence-electron chi connectivity index (χ1n) is 14.6. The lowest BCUT2D eigenvalue weighted by molar-refractivity contribution is -0.185. The van der Waals surface area contributed by atoms with E-state index in [1.165, 1.54) is 25.7 Å². The molecule has 10 atom stereocenters. The van der Waals surface area contributed by atoms with Crippen molar-refractivity contribution < 1.29 is 24.5 Å². The largest absolute Gasteiger partial charge is 0.462 e. The van der Waals surface area contributed by atoms with Gasteiger partial charge in [-0.05, 0) is 124 Å². The first kappa shape index (κ1) is 27.4. The number of hydrogen-bond acceptors (Lipinski definition) is 5. The van der Waals surface area contributed by atoms with Crippen molar-refractivity contribution >= 4 is 5.97 Å². The van der Waals surface area contributed by atoms with Crippen molar-refractivity contribution in [3.05, 3.63) is 0 Å². The van der Waals surface area contributed by atoms with E-state index in [-0.39, 0.29) is 35.8 Å². The second kappa shape index (κ2) is 10.3. The summed E-state index contributed by atoms with van der Waals surface area (Å²) in [5.41, 5.74) is -0.175. The van der Waals surface area contributed by atoms with Crippen LogP contribution in [0.15, 0.2) is 0 Å². The van der Waals surface area contributed by atoms with Gasteiger partial charge < -0.3 is 19.7 Å². The summed E-state index contributed by atoms with van der Waals surface area (Å²) in [7, 11) is 0. The van der Waals surface area contributed by atoms with E-state index >= 15 is 0 Å². The van der Waals surface area contributed by atoms with Crippen molar-refractivity contribution in [1.82, 2.24) is 0 Å². The van der Waals surface area contributed by atoms with Gasteiger partial charge in [-0.3, -0.25) is 4.79 Å². The maximum absolute atomic E-state index is 12.7. The molecular weight excluding hydrogens is 440 g/mol. The van der Waals surface area contributed by atoms with E-state index < -0.39 is 5.41 Å². The minimum Gasteiger partial charge on any atom is -0.462 e. The highest BCUT2D eigenvalue weighted by atomic mass is 16.6. The van der Waals surface area contributed by atoms with E-state index in [1.54, 1.807) is 0 Å². The van der Waals surface area contributed by atoms with Gasteiger partial charge in [-0.25, -0.2) is 0 Å². The smallest absolute Gasteiger partial charge is 0.311 e. The maximum Gasteiger partial charge on any atom is 0.311 e. The van der Waals surface area contributed by atoms with Crippen molar-refractivity contribution in [3.63, 3.8) is 0 Å². The summed E-state index contributed by atoms with van der Waals surface area (Å²) < 4.78 is 11.3. The topological polar surface area (TPSA) is 76.0 Å². The van der Waals surface area contributed by atoms with Gasteiger partial charge >= 0.3 is 5.97 Å². The van der Waals surface area contributed by atoms with Crippen LogP contribution in [-0.2, 0) is 14.3 Å². The van der Waals surface area contributed by atoms with E-state index in [1.807, 2.05) is 13.8 Å². The first-order valence-corrected chi connectivity index (χ1v) is 14.6. The number of fused-ring (bicyclic) bond motifs is 5. The molecule has 4 saturated carbocycles. The molecule has 0 aliphatic heterocycles. The molecule has 202 valence electrons. The summed E-state index contributed by atoms with van der Waals surface area (Å²) in [5.74, 6) is 3.44. The summed E-state index contributed by atoms with van der Waals surface area (Å²) in [5, 5.41) is 20.7. The highest BCUT2D eigenvalue weighted by molar-refractivity contribution is 5.76. The van der Waals surface area contributed by atoms with Gasteiger partial charge in [-0.15, -0.1) is 0 Å². The van der Waals surface area contributed by atoms with Crippen molar-refractivity contribution in [1.29, 1.82) is 0 Å². The fourth-order valence-electron chi connectivity index (χ4n) is 9.24. The first-order chi connectivity index (χ1) is 16.5. The van der Waals surface area contributed by atoms with Crippen molar-refractivity contribution in [2.24, 2.45) is 51.8 Å². The van der Waals surface area contributed by atoms with Gasteiger partial charge in [0.15, 0.2) is 0 Å². The van der Waals surface area contributed by atoms with E-state index in [4.69, 9.17) is 14.6 Å². The SMILES string of the molecule is CCC(C)(C)C(=O)OC1CCC2(C)C(CCC3C2CC(O)C2(C)C(C(C)CCOCO)CCC32)C1. The fourth-order valence-corrected chi connectivity index (χ4v) is 9.24. The highest BCUT2D eigenvalue weighted by Crippen LogP contribution is 2.68. The van der Waals surface area contributed by atoms with Crippen LogP contribution in [0.25, 0.3) is 0 Å². The van der Waals surface area contributed by atoms with Gasteiger partial charge in [0.25, 0.3) is 0 Å². The van der Waals surface area contributed by atoms with Crippen LogP contribution in [-0.4, -0.2) is 41.8 Å². The Morgan fingerprint density at radius 2 is 1.83 bits per heavy atom. The van der Waals surface area contributed by atoms with Gasteiger partial charge in [0, 0.05) is 6.61 Å². The van der Waals surface area contributed by atoms with Gasteiger partial charge in [0.1, 0.15) is 12.9 Å². The predicted molar refractivity (Wildman–Crippen MR) is 137 cm³/mol. The Bertz CT molecular complexity index is 751. The number of esters is 1. The zero-order chi connectivity index (χ0) is 25.6. The second-order valence-electron chi connectivity index (χ2n) is 13.8. The van der Waals surface area contributed by atoms with Crippen LogP contribution in [0.3, 0.4) is 0 Å². The zero-order valence-corrected chi connectivity index (χ0v) is 23.2. The quantitative estimate of drug-likeness (QED) is 0.248. The van der Waals surface area contributed by atoms with Gasteiger partial charge in [-0.2, -0.15) is 0 Å². The number of carbonyl (C=O) groups excluding carboxylic acids is 1. The molecule has 0 radical (unpaired) electrons. The average molecular weight is 493 g/mol. The summed E-state index contributed by atoms with van der Waals surface area (Å²) in [6, 6.07) is 0. The maximum atomic E-state index is 12.7. The molecule has 0 spiro atoms. The van der Waals surface area contributed by atoms with Crippen LogP contribution < -0.4 is 0 Å². The molecule has 0 aromatic heterocycles. The van der Waals surface area contributed by atoms with Crippen LogP contribution in [0.2, 0.25) is 0 Å². The molecule has 4 aliphatic carbocycles. The normalized spacial score (nSPS) is 44.2. The van der Waals surface area contributed by atoms with Gasteiger partial charge in [-0.1, -0.05) is 27.7 Å². The minimum atomic E-state index is -0.406. The minimum absolute atomic E-state index is 0.0124. The second-order valence-corrected chi connectivity index (χ2v) is 13.8. The van der Waals surface area contributed by atoms with Crippen molar-refractivity contribution in [3.8, 4) is 0 Å². The molecule has 0 amide bonds. The Hall–Kier alpha value is -0.650. The number of aliphatic hydroxyl groups excluding tert-OH is 2. The number of aliphatic hydroxyl groups is 2. The van der Waals surface area contributed by atoms with Crippen LogP contribution in [0.4, 0.5) is 0 Å². The average Bonchev–Trinajstić information content (AvgIpc) is 3.19. The van der Waals surface area contributed by atoms with Crippen molar-refractivity contribution in [2.75, 3.05) is 13.4 Å². The molecule has 0 saturated heterocycles. The third kappa shape index (κ3) is 4.72. The molecule has 0 heterocycles. The van der Waals surface area contributed by atoms with Crippen LogP contribution in [0.1, 0.15) is 106 Å². The van der Waals surface area contributed by atoms with E-state index in [0.717, 1.165) is 38.5 Å². The van der Waals surface area contributed by atoms with E-state index in [0.29, 0.717) is 42.1 Å². The standard InChI is InChI=1S/C30H52O5/c1-7-28(3,4)27(33)35-21-12-14-29(5)20(16-21)8-9-22-24-11-10-23(19(2)13-15-34-18-31)30(24,6)26(32)17-25(22)29/h19-26,31-32H,7-18H2,1-6H3. The molecule has 4 rings (SSSR count). The monoisotopic (exact) mass is 492 g/mol. The molecule has 35 heavy (non-hydrogen) atoms. The molecule has 0 bridgehead atoms. The van der Waals surface area contributed by atoms with Crippen LogP contribution >= 0.6 is 0 Å². The van der Waals surface area contributed by atoms with E-state index in [2.05, 4.69) is 27.7 Å². The number of hydrogen-bond donors (Lipinski definition) is 2. The summed E-state index contributed by atoms with van der Waals surface area (Å²) in [6.45, 7) is 13.6. The number of rotatable bonds is 8. The lowest BCUT2D eigenvalue weighted by atomic mass is 9.43. The van der Waals surface area contributed by atoms with Crippen LogP contribution in [0, 0.1) is 51.8 Å². The molecule has 10 unspecified atom stereocenters. The third-order valence-corrected chi connectivity index (χ3v) is 12.0. The Morgan fingerprint density at radius 1 is 1.09 bits per heavy atom. The molecule has 2 N–H and O–H groups in total. The lowest BCUT2D eigenvalue weighted by Gasteiger charge is -2.62. The lowest BCUT2D eigenvalue weighted by Crippen LogP contribution is -2.59. The molecular formula is C30H52O5. The van der Waals surface area contributed by atoms with Crippen LogP contribution in [0.5, 0.6) is 0 Å². The molecule has 4 aliphatic rings. The Kier molecular flexibility index (Phi) is 8.02. The summed E-state index contributed by atoms with van der Waals surface area (Å²) in [4.78, 5) is 12.7. The third-order valence-electron chi connectivity index (χ3n) is 12.0. The molecule has 4 fully saturated rings.